The Morgan fingerprint density at radius 2 is 1.79 bits per heavy atom. The highest BCUT2D eigenvalue weighted by atomic mass is 16.2. The molecule has 4 heteroatoms. The van der Waals surface area contributed by atoms with E-state index in [-0.39, 0.29) is 35.5 Å². The van der Waals surface area contributed by atoms with E-state index in [1.54, 1.807) is 6.20 Å². The molecule has 0 unspecified atom stereocenters. The van der Waals surface area contributed by atoms with Gasteiger partial charge >= 0.3 is 0 Å². The summed E-state index contributed by atoms with van der Waals surface area (Å²) in [6, 6.07) is 3.69. The topological polar surface area (TPSA) is 50.3 Å². The molecule has 1 saturated heterocycles. The van der Waals surface area contributed by atoms with E-state index in [1.165, 1.54) is 4.90 Å². The monoisotopic (exact) mass is 254 g/mol. The molecule has 1 aromatic rings. The lowest BCUT2D eigenvalue weighted by molar-refractivity contribution is -0.123. The fourth-order valence-electron chi connectivity index (χ4n) is 3.82. The SMILES string of the molecule is Cc1cccnc1N1C(=O)[C@@H]2[C@H](C1=O)[C@@H]1C=C[C@@H]2C1. The second kappa shape index (κ2) is 3.53. The minimum Gasteiger partial charge on any atom is -0.274 e. The van der Waals surface area contributed by atoms with E-state index in [0.717, 1.165) is 12.0 Å². The highest BCUT2D eigenvalue weighted by molar-refractivity contribution is 6.22. The van der Waals surface area contributed by atoms with Gasteiger partial charge in [0.05, 0.1) is 11.8 Å². The first-order valence-corrected chi connectivity index (χ1v) is 6.66. The van der Waals surface area contributed by atoms with Crippen molar-refractivity contribution in [3.05, 3.63) is 36.0 Å². The molecule has 96 valence electrons. The highest BCUT2D eigenvalue weighted by Gasteiger charge is 2.59. The summed E-state index contributed by atoms with van der Waals surface area (Å²) in [5, 5.41) is 0. The summed E-state index contributed by atoms with van der Waals surface area (Å²) >= 11 is 0. The van der Waals surface area contributed by atoms with Gasteiger partial charge in [-0.25, -0.2) is 9.88 Å². The van der Waals surface area contributed by atoms with Crippen molar-refractivity contribution >= 4 is 17.6 Å². The molecule has 0 N–H and O–H groups in total. The molecule has 2 fully saturated rings. The molecule has 0 radical (unpaired) electrons. The van der Waals surface area contributed by atoms with Crippen LogP contribution in [0.4, 0.5) is 5.82 Å². The number of nitrogens with zero attached hydrogens (tertiary/aromatic N) is 2. The van der Waals surface area contributed by atoms with Crippen molar-refractivity contribution in [2.75, 3.05) is 4.90 Å². The summed E-state index contributed by atoms with van der Waals surface area (Å²) in [5.74, 6) is 0.586. The number of anilines is 1. The van der Waals surface area contributed by atoms with Crippen LogP contribution in [-0.2, 0) is 9.59 Å². The van der Waals surface area contributed by atoms with E-state index in [1.807, 2.05) is 19.1 Å². The van der Waals surface area contributed by atoms with Crippen LogP contribution >= 0.6 is 0 Å². The number of hydrogen-bond donors (Lipinski definition) is 0. The van der Waals surface area contributed by atoms with Crippen LogP contribution in [0.15, 0.2) is 30.5 Å². The van der Waals surface area contributed by atoms with Crippen LogP contribution in [0.3, 0.4) is 0 Å². The van der Waals surface area contributed by atoms with Gasteiger partial charge in [-0.1, -0.05) is 18.2 Å². The Hall–Kier alpha value is -1.97. The maximum absolute atomic E-state index is 12.6. The molecule has 4 atom stereocenters. The maximum Gasteiger partial charge on any atom is 0.239 e. The largest absolute Gasteiger partial charge is 0.274 e. The molecular formula is C15H14N2O2. The van der Waals surface area contributed by atoms with E-state index in [0.29, 0.717) is 5.82 Å². The normalized spacial score (nSPS) is 35.3. The number of aryl methyl sites for hydroxylation is 1. The lowest BCUT2D eigenvalue weighted by Crippen LogP contribution is -2.34. The standard InChI is InChI=1S/C15H14N2O2/c1-8-3-2-6-16-13(8)17-14(18)11-9-4-5-10(7-9)12(11)15(17)19/h2-6,9-12H,7H2,1H3/t9-,10-,11-,12+/m1/s1. The fraction of sp³-hybridized carbons (Fsp3) is 0.400. The molecule has 1 saturated carbocycles. The van der Waals surface area contributed by atoms with Crippen LogP contribution in [0.25, 0.3) is 0 Å². The van der Waals surface area contributed by atoms with Crippen LogP contribution in [0.2, 0.25) is 0 Å². The van der Waals surface area contributed by atoms with Gasteiger partial charge in [0.1, 0.15) is 5.82 Å². The van der Waals surface area contributed by atoms with Crippen molar-refractivity contribution < 1.29 is 9.59 Å². The highest BCUT2D eigenvalue weighted by Crippen LogP contribution is 2.53. The molecule has 1 aromatic heterocycles. The lowest BCUT2D eigenvalue weighted by Gasteiger charge is -2.17. The number of hydrogen-bond acceptors (Lipinski definition) is 3. The second-order valence-electron chi connectivity index (χ2n) is 5.66. The zero-order chi connectivity index (χ0) is 13.1. The lowest BCUT2D eigenvalue weighted by atomic mass is 9.85. The van der Waals surface area contributed by atoms with Crippen molar-refractivity contribution in [1.29, 1.82) is 0 Å². The number of amides is 2. The smallest absolute Gasteiger partial charge is 0.239 e. The van der Waals surface area contributed by atoms with Crippen molar-refractivity contribution in [1.82, 2.24) is 4.98 Å². The number of allylic oxidation sites excluding steroid dienone is 2. The van der Waals surface area contributed by atoms with Crippen LogP contribution < -0.4 is 4.90 Å². The zero-order valence-electron chi connectivity index (χ0n) is 10.6. The number of aromatic nitrogens is 1. The number of carbonyl (C=O) groups is 2. The number of carbonyl (C=O) groups excluding carboxylic acids is 2. The average Bonchev–Trinajstić information content (AvgIpc) is 3.06. The minimum atomic E-state index is -0.149. The van der Waals surface area contributed by atoms with Gasteiger partial charge in [0, 0.05) is 6.20 Å². The molecule has 19 heavy (non-hydrogen) atoms. The Morgan fingerprint density at radius 3 is 2.37 bits per heavy atom. The van der Waals surface area contributed by atoms with Gasteiger partial charge in [-0.2, -0.15) is 0 Å². The molecule has 2 amide bonds. The predicted octanol–water partition coefficient (Wildman–Crippen LogP) is 1.70. The number of fused-ring (bicyclic) bond motifs is 5. The third-order valence-corrected chi connectivity index (χ3v) is 4.66. The summed E-state index contributed by atoms with van der Waals surface area (Å²) in [5.41, 5.74) is 0.865. The molecule has 2 heterocycles. The first kappa shape index (κ1) is 10.9. The van der Waals surface area contributed by atoms with E-state index in [4.69, 9.17) is 0 Å². The molecule has 3 aliphatic rings. The van der Waals surface area contributed by atoms with Crippen LogP contribution in [-0.4, -0.2) is 16.8 Å². The van der Waals surface area contributed by atoms with Gasteiger partial charge in [0.15, 0.2) is 0 Å². The van der Waals surface area contributed by atoms with E-state index < -0.39 is 0 Å². The Morgan fingerprint density at radius 1 is 1.16 bits per heavy atom. The first-order chi connectivity index (χ1) is 9.18. The summed E-state index contributed by atoms with van der Waals surface area (Å²) in [7, 11) is 0. The third-order valence-electron chi connectivity index (χ3n) is 4.66. The molecule has 1 aliphatic heterocycles. The van der Waals surface area contributed by atoms with Gasteiger partial charge in [0.25, 0.3) is 0 Å². The molecule has 0 spiro atoms. The second-order valence-corrected chi connectivity index (χ2v) is 5.66. The van der Waals surface area contributed by atoms with E-state index in [9.17, 15) is 9.59 Å². The Kier molecular flexibility index (Phi) is 2.03. The minimum absolute atomic E-state index is 0.0614. The Bertz CT molecular complexity index is 592. The summed E-state index contributed by atoms with van der Waals surface area (Å²) < 4.78 is 0. The average molecular weight is 254 g/mol. The van der Waals surface area contributed by atoms with Gasteiger partial charge in [-0.05, 0) is 36.8 Å². The third kappa shape index (κ3) is 1.26. The van der Waals surface area contributed by atoms with Crippen molar-refractivity contribution in [3.63, 3.8) is 0 Å². The number of rotatable bonds is 1. The Labute approximate surface area is 111 Å². The first-order valence-electron chi connectivity index (χ1n) is 6.66. The van der Waals surface area contributed by atoms with Gasteiger partial charge in [-0.15, -0.1) is 0 Å². The zero-order valence-corrected chi connectivity index (χ0v) is 10.6. The van der Waals surface area contributed by atoms with Gasteiger partial charge < -0.3 is 0 Å². The molecular weight excluding hydrogens is 240 g/mol. The van der Waals surface area contributed by atoms with Gasteiger partial charge in [-0.3, -0.25) is 9.59 Å². The quantitative estimate of drug-likeness (QED) is 0.566. The van der Waals surface area contributed by atoms with E-state index in [2.05, 4.69) is 17.1 Å². The predicted molar refractivity (Wildman–Crippen MR) is 69.2 cm³/mol. The summed E-state index contributed by atoms with van der Waals surface area (Å²) in [6.45, 7) is 1.88. The van der Waals surface area contributed by atoms with Crippen LogP contribution in [0.1, 0.15) is 12.0 Å². The van der Waals surface area contributed by atoms with Crippen LogP contribution in [0.5, 0.6) is 0 Å². The van der Waals surface area contributed by atoms with Crippen LogP contribution in [0, 0.1) is 30.6 Å². The van der Waals surface area contributed by atoms with Crippen molar-refractivity contribution in [3.8, 4) is 0 Å². The van der Waals surface area contributed by atoms with Crippen molar-refractivity contribution in [2.24, 2.45) is 23.7 Å². The van der Waals surface area contributed by atoms with Gasteiger partial charge in [0.2, 0.25) is 11.8 Å². The molecule has 0 aromatic carbocycles. The summed E-state index contributed by atoms with van der Waals surface area (Å²) in [4.78, 5) is 30.7. The Balaban J connectivity index is 1.79. The maximum atomic E-state index is 12.6. The summed E-state index contributed by atoms with van der Waals surface area (Å²) in [6.07, 6.45) is 6.79. The number of pyridine rings is 1. The fourth-order valence-corrected chi connectivity index (χ4v) is 3.82. The van der Waals surface area contributed by atoms with Crippen molar-refractivity contribution in [2.45, 2.75) is 13.3 Å². The molecule has 2 aliphatic carbocycles. The molecule has 4 nitrogen and oxygen atoms in total. The molecule has 2 bridgehead atoms. The molecule has 4 rings (SSSR count). The van der Waals surface area contributed by atoms with E-state index >= 15 is 0 Å². The number of imide groups is 1.